The van der Waals surface area contributed by atoms with Gasteiger partial charge in [0.2, 0.25) is 0 Å². The topological polar surface area (TPSA) is 73.5 Å². The van der Waals surface area contributed by atoms with Crippen molar-refractivity contribution in [3.8, 4) is 11.8 Å². The van der Waals surface area contributed by atoms with Crippen LogP contribution in [-0.2, 0) is 6.61 Å². The molecule has 7 heteroatoms. The minimum atomic E-state index is -1.90. The molecule has 0 aliphatic carbocycles. The van der Waals surface area contributed by atoms with E-state index in [1.54, 1.807) is 0 Å². The standard InChI is InChI=1S/C14H10BF2NO3/c16-11-4-9(7-18)3-10(5-11)8-21-12-1-2-13(15(19)20)14(17)6-12/h1-6,19-20H,8H2. The van der Waals surface area contributed by atoms with E-state index >= 15 is 0 Å². The number of nitrogens with zero attached hydrogens (tertiary/aromatic N) is 1. The average Bonchev–Trinajstić information content (AvgIpc) is 2.44. The fourth-order valence-electron chi connectivity index (χ4n) is 1.77. The van der Waals surface area contributed by atoms with Crippen LogP contribution < -0.4 is 10.2 Å². The molecular weight excluding hydrogens is 279 g/mol. The molecule has 0 aliphatic heterocycles. The number of hydrogen-bond donors (Lipinski definition) is 2. The van der Waals surface area contributed by atoms with E-state index in [4.69, 9.17) is 20.0 Å². The second kappa shape index (κ2) is 6.35. The van der Waals surface area contributed by atoms with Gasteiger partial charge in [-0.2, -0.15) is 5.26 Å². The number of ether oxygens (including phenoxy) is 1. The summed E-state index contributed by atoms with van der Waals surface area (Å²) in [5.74, 6) is -1.23. The summed E-state index contributed by atoms with van der Waals surface area (Å²) in [5, 5.41) is 26.5. The van der Waals surface area contributed by atoms with Crippen LogP contribution in [0, 0.1) is 23.0 Å². The van der Waals surface area contributed by atoms with Crippen LogP contribution >= 0.6 is 0 Å². The summed E-state index contributed by atoms with van der Waals surface area (Å²) in [6.45, 7) is -0.0487. The van der Waals surface area contributed by atoms with E-state index in [9.17, 15) is 8.78 Å². The SMILES string of the molecule is N#Cc1cc(F)cc(COc2ccc(B(O)O)c(F)c2)c1. The third kappa shape index (κ3) is 3.78. The smallest absolute Gasteiger partial charge is 0.489 e. The Labute approximate surface area is 120 Å². The first-order chi connectivity index (χ1) is 9.99. The molecule has 0 atom stereocenters. The van der Waals surface area contributed by atoms with Crippen molar-refractivity contribution in [1.29, 1.82) is 5.26 Å². The zero-order chi connectivity index (χ0) is 15.4. The molecule has 0 aliphatic rings. The zero-order valence-electron chi connectivity index (χ0n) is 10.8. The Morgan fingerprint density at radius 3 is 2.52 bits per heavy atom. The molecule has 0 heterocycles. The first-order valence-electron chi connectivity index (χ1n) is 5.97. The van der Waals surface area contributed by atoms with Gasteiger partial charge in [0.15, 0.2) is 0 Å². The number of rotatable bonds is 4. The highest BCUT2D eigenvalue weighted by atomic mass is 19.1. The van der Waals surface area contributed by atoms with Crippen LogP contribution in [0.2, 0.25) is 0 Å². The van der Waals surface area contributed by atoms with Gasteiger partial charge in [-0.1, -0.05) is 6.07 Å². The van der Waals surface area contributed by atoms with Crippen LogP contribution in [0.1, 0.15) is 11.1 Å². The lowest BCUT2D eigenvalue weighted by Gasteiger charge is -2.08. The normalized spacial score (nSPS) is 10.0. The van der Waals surface area contributed by atoms with E-state index in [0.717, 1.165) is 12.1 Å². The number of halogens is 2. The Morgan fingerprint density at radius 1 is 1.14 bits per heavy atom. The Balaban J connectivity index is 2.12. The molecule has 106 valence electrons. The first kappa shape index (κ1) is 15.0. The van der Waals surface area contributed by atoms with Crippen molar-refractivity contribution in [2.75, 3.05) is 0 Å². The molecule has 21 heavy (non-hydrogen) atoms. The summed E-state index contributed by atoms with van der Waals surface area (Å²) in [4.78, 5) is 0. The second-order valence-electron chi connectivity index (χ2n) is 4.31. The van der Waals surface area contributed by atoms with E-state index in [1.165, 1.54) is 24.3 Å². The van der Waals surface area contributed by atoms with Gasteiger partial charge >= 0.3 is 7.12 Å². The van der Waals surface area contributed by atoms with E-state index in [1.807, 2.05) is 6.07 Å². The van der Waals surface area contributed by atoms with E-state index < -0.39 is 18.8 Å². The van der Waals surface area contributed by atoms with E-state index in [2.05, 4.69) is 0 Å². The molecule has 2 N–H and O–H groups in total. The monoisotopic (exact) mass is 289 g/mol. The minimum Gasteiger partial charge on any atom is -0.489 e. The third-order valence-corrected chi connectivity index (χ3v) is 2.74. The molecule has 2 aromatic rings. The van der Waals surface area contributed by atoms with Crippen LogP contribution in [0.5, 0.6) is 5.75 Å². The highest BCUT2D eigenvalue weighted by Gasteiger charge is 2.16. The number of hydrogen-bond acceptors (Lipinski definition) is 4. The van der Waals surface area contributed by atoms with Crippen LogP contribution in [0.3, 0.4) is 0 Å². The molecule has 0 saturated heterocycles. The summed E-state index contributed by atoms with van der Waals surface area (Å²) < 4.78 is 32.0. The van der Waals surface area contributed by atoms with Gasteiger partial charge in [0, 0.05) is 11.5 Å². The lowest BCUT2D eigenvalue weighted by atomic mass is 9.80. The fraction of sp³-hybridized carbons (Fsp3) is 0.0714. The van der Waals surface area contributed by atoms with Gasteiger partial charge in [-0.3, -0.25) is 0 Å². The van der Waals surface area contributed by atoms with Crippen molar-refractivity contribution in [3.05, 3.63) is 59.2 Å². The lowest BCUT2D eigenvalue weighted by Crippen LogP contribution is -2.32. The van der Waals surface area contributed by atoms with Crippen molar-refractivity contribution < 1.29 is 23.6 Å². The van der Waals surface area contributed by atoms with Gasteiger partial charge in [-0.25, -0.2) is 8.78 Å². The van der Waals surface area contributed by atoms with Gasteiger partial charge in [-0.05, 0) is 29.8 Å². The zero-order valence-corrected chi connectivity index (χ0v) is 10.8. The molecule has 2 aromatic carbocycles. The molecule has 0 bridgehead atoms. The summed E-state index contributed by atoms with van der Waals surface area (Å²) in [7, 11) is -1.90. The third-order valence-electron chi connectivity index (χ3n) is 2.74. The van der Waals surface area contributed by atoms with Crippen molar-refractivity contribution in [2.45, 2.75) is 6.61 Å². The van der Waals surface area contributed by atoms with E-state index in [0.29, 0.717) is 5.56 Å². The maximum atomic E-state index is 13.5. The minimum absolute atomic E-state index is 0.0487. The number of benzene rings is 2. The molecule has 0 saturated carbocycles. The number of nitriles is 1. The highest BCUT2D eigenvalue weighted by Crippen LogP contribution is 2.15. The Bertz CT molecular complexity index is 701. The molecule has 0 fully saturated rings. The molecule has 0 unspecified atom stereocenters. The lowest BCUT2D eigenvalue weighted by molar-refractivity contribution is 0.304. The van der Waals surface area contributed by atoms with Gasteiger partial charge in [0.05, 0.1) is 11.6 Å². The van der Waals surface area contributed by atoms with E-state index in [-0.39, 0.29) is 23.4 Å². The van der Waals surface area contributed by atoms with Crippen molar-refractivity contribution >= 4 is 12.6 Å². The van der Waals surface area contributed by atoms with Crippen molar-refractivity contribution in [1.82, 2.24) is 0 Å². The average molecular weight is 289 g/mol. The molecule has 2 rings (SSSR count). The van der Waals surface area contributed by atoms with Gasteiger partial charge in [0.25, 0.3) is 0 Å². The van der Waals surface area contributed by atoms with Gasteiger partial charge < -0.3 is 14.8 Å². The summed E-state index contributed by atoms with van der Waals surface area (Å²) >= 11 is 0. The van der Waals surface area contributed by atoms with Gasteiger partial charge in [-0.15, -0.1) is 0 Å². The van der Waals surface area contributed by atoms with Crippen LogP contribution in [0.25, 0.3) is 0 Å². The quantitative estimate of drug-likeness (QED) is 0.826. The van der Waals surface area contributed by atoms with Crippen LogP contribution in [0.15, 0.2) is 36.4 Å². The van der Waals surface area contributed by atoms with Crippen LogP contribution in [-0.4, -0.2) is 17.2 Å². The summed E-state index contributed by atoms with van der Waals surface area (Å²) in [6.07, 6.45) is 0. The second-order valence-corrected chi connectivity index (χ2v) is 4.31. The molecule has 0 amide bonds. The first-order valence-corrected chi connectivity index (χ1v) is 5.97. The molecular formula is C14H10BF2NO3. The van der Waals surface area contributed by atoms with Gasteiger partial charge in [0.1, 0.15) is 24.0 Å². The predicted molar refractivity (Wildman–Crippen MR) is 71.7 cm³/mol. The molecule has 0 aromatic heterocycles. The summed E-state index contributed by atoms with van der Waals surface area (Å²) in [6, 6.07) is 9.14. The van der Waals surface area contributed by atoms with Crippen molar-refractivity contribution in [3.63, 3.8) is 0 Å². The van der Waals surface area contributed by atoms with Crippen LogP contribution in [0.4, 0.5) is 8.78 Å². The van der Waals surface area contributed by atoms with Crippen molar-refractivity contribution in [2.24, 2.45) is 0 Å². The Morgan fingerprint density at radius 2 is 1.90 bits per heavy atom. The maximum absolute atomic E-state index is 13.5. The molecule has 4 nitrogen and oxygen atoms in total. The highest BCUT2D eigenvalue weighted by molar-refractivity contribution is 6.58. The molecule has 0 radical (unpaired) electrons. The Kier molecular flexibility index (Phi) is 4.53. The largest absolute Gasteiger partial charge is 0.491 e. The fourth-order valence-corrected chi connectivity index (χ4v) is 1.77. The molecule has 0 spiro atoms. The Hall–Kier alpha value is -2.43. The summed E-state index contributed by atoms with van der Waals surface area (Å²) in [5.41, 5.74) is 0.330. The predicted octanol–water partition coefficient (Wildman–Crippen LogP) is 1.10. The maximum Gasteiger partial charge on any atom is 0.491 e.